The van der Waals surface area contributed by atoms with Gasteiger partial charge in [-0.3, -0.25) is 14.5 Å². The Morgan fingerprint density at radius 2 is 1.94 bits per heavy atom. The maximum atomic E-state index is 12.6. The van der Waals surface area contributed by atoms with Crippen LogP contribution in [0.15, 0.2) is 73.1 Å². The largest absolute Gasteiger partial charge is 0.356 e. The van der Waals surface area contributed by atoms with Gasteiger partial charge in [0.05, 0.1) is 18.2 Å². The maximum absolute atomic E-state index is 12.6. The van der Waals surface area contributed by atoms with E-state index in [1.807, 2.05) is 47.1 Å². The van der Waals surface area contributed by atoms with Crippen LogP contribution in [0.1, 0.15) is 17.7 Å². The summed E-state index contributed by atoms with van der Waals surface area (Å²) in [6.45, 7) is 2.44. The molecule has 2 aromatic carbocycles. The minimum atomic E-state index is -0.472. The number of carbonyl (C=O) groups is 2. The number of hydrogen-bond donors (Lipinski definition) is 2. The summed E-state index contributed by atoms with van der Waals surface area (Å²) in [6.07, 6.45) is 4.72. The molecule has 0 aliphatic carbocycles. The fourth-order valence-corrected chi connectivity index (χ4v) is 4.43. The van der Waals surface area contributed by atoms with Crippen LogP contribution in [-0.2, 0) is 22.6 Å². The zero-order valence-corrected chi connectivity index (χ0v) is 18.4. The Balaban J connectivity index is 1.19. The smallest absolute Gasteiger partial charge is 0.237 e. The first-order chi connectivity index (χ1) is 16.2. The number of fused-ring (bicyclic) bond motifs is 2. The van der Waals surface area contributed by atoms with Crippen molar-refractivity contribution in [2.45, 2.75) is 25.4 Å². The monoisotopic (exact) mass is 441 g/mol. The van der Waals surface area contributed by atoms with Gasteiger partial charge in [-0.15, -0.1) is 0 Å². The number of rotatable bonds is 7. The van der Waals surface area contributed by atoms with E-state index < -0.39 is 6.04 Å². The van der Waals surface area contributed by atoms with E-state index in [9.17, 15) is 9.59 Å². The van der Waals surface area contributed by atoms with E-state index in [-0.39, 0.29) is 18.2 Å². The summed E-state index contributed by atoms with van der Waals surface area (Å²) in [5.74, 6) is -0.207. The molecule has 7 nitrogen and oxygen atoms in total. The third-order valence-electron chi connectivity index (χ3n) is 6.14. The number of carbonyl (C=O) groups excluding carboxylic acids is 2. The van der Waals surface area contributed by atoms with Gasteiger partial charge in [0, 0.05) is 45.0 Å². The molecule has 1 aliphatic rings. The zero-order chi connectivity index (χ0) is 22.6. The number of nitrogens with zero attached hydrogens (tertiary/aromatic N) is 3. The van der Waals surface area contributed by atoms with Gasteiger partial charge in [-0.25, -0.2) is 4.98 Å². The lowest BCUT2D eigenvalue weighted by Crippen LogP contribution is -2.56. The van der Waals surface area contributed by atoms with Crippen molar-refractivity contribution < 1.29 is 9.59 Å². The summed E-state index contributed by atoms with van der Waals surface area (Å²) in [4.78, 5) is 31.9. The summed E-state index contributed by atoms with van der Waals surface area (Å²) in [7, 11) is 0. The molecule has 0 bridgehead atoms. The van der Waals surface area contributed by atoms with Gasteiger partial charge in [0.25, 0.3) is 0 Å². The van der Waals surface area contributed by atoms with Gasteiger partial charge in [-0.05, 0) is 34.5 Å². The Hall–Kier alpha value is -3.71. The molecule has 2 aromatic heterocycles. The van der Waals surface area contributed by atoms with Gasteiger partial charge in [0.1, 0.15) is 5.65 Å². The highest BCUT2D eigenvalue weighted by Crippen LogP contribution is 2.19. The molecule has 2 N–H and O–H groups in total. The first-order valence-corrected chi connectivity index (χ1v) is 11.3. The van der Waals surface area contributed by atoms with Crippen LogP contribution in [0, 0.1) is 0 Å². The van der Waals surface area contributed by atoms with Crippen LogP contribution in [0.2, 0.25) is 0 Å². The fourth-order valence-electron chi connectivity index (χ4n) is 4.43. The molecule has 1 fully saturated rings. The topological polar surface area (TPSA) is 78.7 Å². The number of aromatic nitrogens is 2. The van der Waals surface area contributed by atoms with Crippen LogP contribution in [0.3, 0.4) is 0 Å². The molecule has 4 aromatic rings. The molecule has 5 rings (SSSR count). The Labute approximate surface area is 192 Å². The molecule has 2 amide bonds. The lowest BCUT2D eigenvalue weighted by molar-refractivity contribution is -0.134. The summed E-state index contributed by atoms with van der Waals surface area (Å²) < 4.78 is 1.97. The molecule has 168 valence electrons. The molecule has 0 saturated carbocycles. The molecule has 33 heavy (non-hydrogen) atoms. The highest BCUT2D eigenvalue weighted by molar-refractivity contribution is 5.89. The first kappa shape index (κ1) is 21.2. The number of pyridine rings is 1. The molecular formula is C26H27N5O2. The third kappa shape index (κ3) is 4.88. The van der Waals surface area contributed by atoms with Crippen LogP contribution in [0.4, 0.5) is 0 Å². The number of piperazine rings is 1. The van der Waals surface area contributed by atoms with E-state index in [1.165, 1.54) is 10.8 Å². The van der Waals surface area contributed by atoms with Crippen LogP contribution < -0.4 is 10.6 Å². The second kappa shape index (κ2) is 9.42. The highest BCUT2D eigenvalue weighted by atomic mass is 16.2. The summed E-state index contributed by atoms with van der Waals surface area (Å²) >= 11 is 0. The van der Waals surface area contributed by atoms with E-state index in [1.54, 1.807) is 0 Å². The maximum Gasteiger partial charge on any atom is 0.237 e. The van der Waals surface area contributed by atoms with Crippen LogP contribution in [0.5, 0.6) is 0 Å². The normalized spacial score (nSPS) is 16.7. The van der Waals surface area contributed by atoms with Gasteiger partial charge in [0.2, 0.25) is 11.8 Å². The van der Waals surface area contributed by atoms with Crippen LogP contribution in [-0.4, -0.2) is 51.8 Å². The molecule has 7 heteroatoms. The van der Waals surface area contributed by atoms with E-state index in [0.717, 1.165) is 23.4 Å². The lowest BCUT2D eigenvalue weighted by Gasteiger charge is -2.34. The van der Waals surface area contributed by atoms with Crippen molar-refractivity contribution in [2.75, 3.05) is 19.6 Å². The third-order valence-corrected chi connectivity index (χ3v) is 6.14. The minimum absolute atomic E-state index is 0.0856. The number of hydrogen-bond acceptors (Lipinski definition) is 4. The highest BCUT2D eigenvalue weighted by Gasteiger charge is 2.31. The second-order valence-corrected chi connectivity index (χ2v) is 8.46. The van der Waals surface area contributed by atoms with Crippen molar-refractivity contribution in [1.82, 2.24) is 24.9 Å². The van der Waals surface area contributed by atoms with Gasteiger partial charge >= 0.3 is 0 Å². The van der Waals surface area contributed by atoms with Crippen molar-refractivity contribution in [2.24, 2.45) is 0 Å². The van der Waals surface area contributed by atoms with E-state index >= 15 is 0 Å². The molecule has 0 radical (unpaired) electrons. The SMILES string of the molecule is O=C(C[C@@H]1C(=O)NCCN1Cc1ccc2ccccc2c1)NCCc1cn2ccccc2n1. The Morgan fingerprint density at radius 3 is 2.82 bits per heavy atom. The quantitative estimate of drug-likeness (QED) is 0.462. The second-order valence-electron chi connectivity index (χ2n) is 8.46. The molecule has 1 aliphatic heterocycles. The van der Waals surface area contributed by atoms with Crippen molar-refractivity contribution in [3.8, 4) is 0 Å². The Kier molecular flexibility index (Phi) is 6.04. The van der Waals surface area contributed by atoms with Gasteiger partial charge in [0.15, 0.2) is 0 Å². The van der Waals surface area contributed by atoms with Gasteiger partial charge in [-0.1, -0.05) is 42.5 Å². The Bertz CT molecular complexity index is 1270. The van der Waals surface area contributed by atoms with Gasteiger partial charge in [-0.2, -0.15) is 0 Å². The van der Waals surface area contributed by atoms with Crippen LogP contribution in [0.25, 0.3) is 16.4 Å². The average molecular weight is 442 g/mol. The van der Waals surface area contributed by atoms with E-state index in [0.29, 0.717) is 26.1 Å². The molecule has 1 atom stereocenters. The molecular weight excluding hydrogens is 414 g/mol. The van der Waals surface area contributed by atoms with E-state index in [2.05, 4.69) is 50.8 Å². The molecule has 0 unspecified atom stereocenters. The average Bonchev–Trinajstić information content (AvgIpc) is 3.24. The lowest BCUT2D eigenvalue weighted by atomic mass is 10.0. The fraction of sp³-hybridized carbons (Fsp3) is 0.269. The summed E-state index contributed by atoms with van der Waals surface area (Å²) in [5, 5.41) is 8.24. The molecule has 1 saturated heterocycles. The first-order valence-electron chi connectivity index (χ1n) is 11.3. The van der Waals surface area contributed by atoms with Gasteiger partial charge < -0.3 is 15.0 Å². The minimum Gasteiger partial charge on any atom is -0.356 e. The number of nitrogens with one attached hydrogen (secondary N) is 2. The van der Waals surface area contributed by atoms with Crippen LogP contribution >= 0.6 is 0 Å². The van der Waals surface area contributed by atoms with Crippen molar-refractivity contribution in [3.63, 3.8) is 0 Å². The standard InChI is InChI=1S/C26H27N5O2/c32-25(27-11-10-22-18-31-13-4-3-7-24(31)29-22)16-23-26(33)28-12-14-30(23)17-19-8-9-20-5-1-2-6-21(20)15-19/h1-9,13,15,18,23H,10-12,14,16-17H2,(H,27,32)(H,28,33)/t23-/m1/s1. The van der Waals surface area contributed by atoms with Crippen molar-refractivity contribution >= 4 is 28.2 Å². The summed E-state index contributed by atoms with van der Waals surface area (Å²) in [5.41, 5.74) is 2.96. The molecule has 0 spiro atoms. The predicted molar refractivity (Wildman–Crippen MR) is 128 cm³/mol. The number of benzene rings is 2. The molecule has 3 heterocycles. The summed E-state index contributed by atoms with van der Waals surface area (Å²) in [6, 6.07) is 20.0. The van der Waals surface area contributed by atoms with Crippen molar-refractivity contribution in [1.29, 1.82) is 0 Å². The predicted octanol–water partition coefficient (Wildman–Crippen LogP) is 2.54. The zero-order valence-electron chi connectivity index (χ0n) is 18.4. The Morgan fingerprint density at radius 1 is 1.09 bits per heavy atom. The number of amides is 2. The number of imidazole rings is 1. The van der Waals surface area contributed by atoms with E-state index in [4.69, 9.17) is 0 Å². The van der Waals surface area contributed by atoms with Crippen molar-refractivity contribution in [3.05, 3.63) is 84.3 Å².